The van der Waals surface area contributed by atoms with Crippen LogP contribution in [-0.2, 0) is 19.1 Å². The van der Waals surface area contributed by atoms with Gasteiger partial charge in [-0.15, -0.1) is 0 Å². The van der Waals surface area contributed by atoms with Gasteiger partial charge in [0.05, 0.1) is 6.04 Å². The van der Waals surface area contributed by atoms with Crippen LogP contribution in [0.25, 0.3) is 0 Å². The van der Waals surface area contributed by atoms with Crippen molar-refractivity contribution < 1.29 is 45.9 Å². The van der Waals surface area contributed by atoms with E-state index in [0.717, 1.165) is 4.90 Å². The van der Waals surface area contributed by atoms with Gasteiger partial charge in [0.25, 0.3) is 5.91 Å². The van der Waals surface area contributed by atoms with E-state index < -0.39 is 71.0 Å². The molecule has 0 aromatic carbocycles. The van der Waals surface area contributed by atoms with Gasteiger partial charge in [0, 0.05) is 6.54 Å². The number of carbonyl (C=O) groups excluding carboxylic acids is 4. The number of carbonyl (C=O) groups is 4. The lowest BCUT2D eigenvalue weighted by molar-refractivity contribution is -0.271. The minimum absolute atomic E-state index is 0.247. The van der Waals surface area contributed by atoms with Crippen LogP contribution in [0.1, 0.15) is 48.5 Å². The maximum atomic E-state index is 13.7. The fourth-order valence-corrected chi connectivity index (χ4v) is 3.13. The Hall–Kier alpha value is -2.73. The number of ketones is 1. The molecule has 0 saturated carbocycles. The molecule has 0 fully saturated rings. The Morgan fingerprint density at radius 2 is 1.50 bits per heavy atom. The number of alkyl halides is 5. The Kier molecular flexibility index (Phi) is 8.84. The molecule has 34 heavy (non-hydrogen) atoms. The number of hydrogen-bond acceptors (Lipinski definition) is 6. The SMILES string of the molecule is CC(C)C(C(=O)C(F)(F)C(F)(F)F)N1CC=C1C(=O)NC(=O)[C@@H](NC(=O)OC(C)(C)C)C(C)C. The van der Waals surface area contributed by atoms with E-state index in [1.165, 1.54) is 19.9 Å². The molecule has 0 aromatic heterocycles. The summed E-state index contributed by atoms with van der Waals surface area (Å²) < 4.78 is 70.6. The Morgan fingerprint density at radius 3 is 1.85 bits per heavy atom. The average Bonchev–Trinajstić information content (AvgIpc) is 2.59. The van der Waals surface area contributed by atoms with Crippen LogP contribution in [0.15, 0.2) is 11.8 Å². The fraction of sp³-hybridized carbons (Fsp3) is 0.714. The van der Waals surface area contributed by atoms with Crippen LogP contribution >= 0.6 is 0 Å². The number of alkyl carbamates (subject to hydrolysis) is 1. The van der Waals surface area contributed by atoms with Gasteiger partial charge in [0.15, 0.2) is 0 Å². The minimum Gasteiger partial charge on any atom is -0.444 e. The topological polar surface area (TPSA) is 105 Å². The van der Waals surface area contributed by atoms with Crippen LogP contribution < -0.4 is 10.6 Å². The second-order valence-electron chi connectivity index (χ2n) is 9.55. The van der Waals surface area contributed by atoms with Crippen molar-refractivity contribution in [1.82, 2.24) is 15.5 Å². The van der Waals surface area contributed by atoms with Gasteiger partial charge in [-0.3, -0.25) is 19.7 Å². The summed E-state index contributed by atoms with van der Waals surface area (Å²) >= 11 is 0. The summed E-state index contributed by atoms with van der Waals surface area (Å²) in [5, 5.41) is 4.31. The van der Waals surface area contributed by atoms with E-state index in [1.54, 1.807) is 34.6 Å². The molecule has 0 aromatic rings. The number of nitrogens with zero attached hydrogens (tertiary/aromatic N) is 1. The second-order valence-corrected chi connectivity index (χ2v) is 9.55. The van der Waals surface area contributed by atoms with Gasteiger partial charge < -0.3 is 15.0 Å². The van der Waals surface area contributed by atoms with E-state index in [4.69, 9.17) is 4.74 Å². The van der Waals surface area contributed by atoms with Gasteiger partial charge in [-0.2, -0.15) is 22.0 Å². The monoisotopic (exact) mass is 499 g/mol. The van der Waals surface area contributed by atoms with Crippen LogP contribution in [0.5, 0.6) is 0 Å². The first-order valence-corrected chi connectivity index (χ1v) is 10.5. The van der Waals surface area contributed by atoms with Crippen molar-refractivity contribution in [2.75, 3.05) is 6.54 Å². The first-order valence-electron chi connectivity index (χ1n) is 10.5. The van der Waals surface area contributed by atoms with Crippen molar-refractivity contribution in [3.8, 4) is 0 Å². The zero-order chi connectivity index (χ0) is 26.8. The highest BCUT2D eigenvalue weighted by Gasteiger charge is 2.65. The summed E-state index contributed by atoms with van der Waals surface area (Å²) in [7, 11) is 0. The Balaban J connectivity index is 3.00. The summed E-state index contributed by atoms with van der Waals surface area (Å²) in [6.07, 6.45) is -5.83. The molecule has 3 amide bonds. The molecule has 0 saturated heterocycles. The number of hydrogen-bond donors (Lipinski definition) is 2. The van der Waals surface area contributed by atoms with Gasteiger partial charge >= 0.3 is 18.2 Å². The number of imide groups is 1. The Bertz CT molecular complexity index is 847. The zero-order valence-electron chi connectivity index (χ0n) is 20.0. The number of halogens is 5. The molecular formula is C21H30F5N3O5. The molecule has 13 heteroatoms. The molecule has 194 valence electrons. The third kappa shape index (κ3) is 6.89. The van der Waals surface area contributed by atoms with E-state index in [9.17, 15) is 41.1 Å². The van der Waals surface area contributed by atoms with E-state index in [1.807, 2.05) is 5.32 Å². The van der Waals surface area contributed by atoms with Crippen LogP contribution in [0.3, 0.4) is 0 Å². The zero-order valence-corrected chi connectivity index (χ0v) is 20.0. The van der Waals surface area contributed by atoms with Gasteiger partial charge in [-0.05, 0) is 38.7 Å². The molecule has 0 spiro atoms. The molecule has 1 heterocycles. The highest BCUT2D eigenvalue weighted by atomic mass is 19.4. The highest BCUT2D eigenvalue weighted by molar-refractivity contribution is 6.07. The summed E-state index contributed by atoms with van der Waals surface area (Å²) in [6, 6.07) is -3.18. The average molecular weight is 499 g/mol. The number of rotatable bonds is 8. The molecule has 0 bridgehead atoms. The van der Waals surface area contributed by atoms with Crippen LogP contribution in [-0.4, -0.2) is 64.9 Å². The third-order valence-electron chi connectivity index (χ3n) is 4.78. The highest BCUT2D eigenvalue weighted by Crippen LogP contribution is 2.39. The molecule has 1 unspecified atom stereocenters. The smallest absolute Gasteiger partial charge is 0.444 e. The van der Waals surface area contributed by atoms with Crippen molar-refractivity contribution >= 4 is 23.7 Å². The van der Waals surface area contributed by atoms with Crippen molar-refractivity contribution in [3.05, 3.63) is 11.8 Å². The molecule has 1 rings (SSSR count). The molecule has 0 radical (unpaired) electrons. The number of ether oxygens (including phenoxy) is 1. The van der Waals surface area contributed by atoms with E-state index in [2.05, 4.69) is 5.32 Å². The number of nitrogens with one attached hydrogen (secondary N) is 2. The van der Waals surface area contributed by atoms with Crippen molar-refractivity contribution in [2.24, 2.45) is 11.8 Å². The minimum atomic E-state index is -6.10. The first-order chi connectivity index (χ1) is 15.2. The fourth-order valence-electron chi connectivity index (χ4n) is 3.13. The molecule has 0 aliphatic carbocycles. The molecule has 8 nitrogen and oxygen atoms in total. The molecular weight excluding hydrogens is 469 g/mol. The van der Waals surface area contributed by atoms with Crippen LogP contribution in [0, 0.1) is 11.8 Å². The van der Waals surface area contributed by atoms with Gasteiger partial charge in [-0.1, -0.05) is 27.7 Å². The standard InChI is InChI=1S/C21H30F5N3O5/c1-10(2)13(27-18(33)34-19(5,6)7)17(32)28-16(31)12-8-9-29(12)14(11(3)4)15(30)20(22,23)21(24,25)26/h8,10-11,13-14H,9H2,1-7H3,(H,27,33)(H,28,31,32)/t13-,14?/m0/s1. The van der Waals surface area contributed by atoms with Crippen molar-refractivity contribution in [1.29, 1.82) is 0 Å². The number of amides is 3. The maximum Gasteiger partial charge on any atom is 0.461 e. The first kappa shape index (κ1) is 29.3. The lowest BCUT2D eigenvalue weighted by Gasteiger charge is -2.41. The summed E-state index contributed by atoms with van der Waals surface area (Å²) in [4.78, 5) is 50.1. The quantitative estimate of drug-likeness (QED) is 0.497. The number of Topliss-reactive ketones (excluding diaryl/α,β-unsaturated/α-hetero) is 1. The normalized spacial score (nSPS) is 16.4. The van der Waals surface area contributed by atoms with Crippen LogP contribution in [0.4, 0.5) is 26.7 Å². The van der Waals surface area contributed by atoms with Crippen molar-refractivity contribution in [3.63, 3.8) is 0 Å². The third-order valence-corrected chi connectivity index (χ3v) is 4.78. The Morgan fingerprint density at radius 1 is 0.971 bits per heavy atom. The van der Waals surface area contributed by atoms with Crippen molar-refractivity contribution in [2.45, 2.75) is 78.2 Å². The summed E-state index contributed by atoms with van der Waals surface area (Å²) in [5.74, 6) is -11.6. The van der Waals surface area contributed by atoms with E-state index in [-0.39, 0.29) is 6.54 Å². The largest absolute Gasteiger partial charge is 0.461 e. The lowest BCUT2D eigenvalue weighted by atomic mass is 9.91. The Labute approximate surface area is 194 Å². The second kappa shape index (κ2) is 10.3. The van der Waals surface area contributed by atoms with Gasteiger partial charge in [0.2, 0.25) is 11.7 Å². The van der Waals surface area contributed by atoms with Gasteiger partial charge in [0.1, 0.15) is 17.3 Å². The van der Waals surface area contributed by atoms with Crippen LogP contribution in [0.2, 0.25) is 0 Å². The predicted octanol–water partition coefficient (Wildman–Crippen LogP) is 3.17. The van der Waals surface area contributed by atoms with E-state index in [0.29, 0.717) is 0 Å². The summed E-state index contributed by atoms with van der Waals surface area (Å²) in [5.41, 5.74) is -1.26. The van der Waals surface area contributed by atoms with E-state index >= 15 is 0 Å². The predicted molar refractivity (Wildman–Crippen MR) is 111 cm³/mol. The lowest BCUT2D eigenvalue weighted by Crippen LogP contribution is -2.60. The molecule has 2 N–H and O–H groups in total. The molecule has 2 atom stereocenters. The summed E-state index contributed by atoms with van der Waals surface area (Å²) in [6.45, 7) is 10.2. The maximum absolute atomic E-state index is 13.7. The molecule has 1 aliphatic rings. The molecule has 1 aliphatic heterocycles. The van der Waals surface area contributed by atoms with Gasteiger partial charge in [-0.25, -0.2) is 4.79 Å².